The monoisotopic (exact) mass is 583 g/mol. The summed E-state index contributed by atoms with van der Waals surface area (Å²) in [6.07, 6.45) is -0.311. The molecule has 2 unspecified atom stereocenters. The van der Waals surface area contributed by atoms with Crippen molar-refractivity contribution in [3.8, 4) is 11.8 Å². The van der Waals surface area contributed by atoms with Crippen molar-refractivity contribution < 1.29 is 31.9 Å². The van der Waals surface area contributed by atoms with Crippen LogP contribution in [0.2, 0.25) is 0 Å². The lowest BCUT2D eigenvalue weighted by Crippen LogP contribution is -2.52. The molecule has 1 aromatic carbocycles. The van der Waals surface area contributed by atoms with E-state index in [9.17, 15) is 22.8 Å². The Balaban J connectivity index is 1.51. The smallest absolute Gasteiger partial charge is 0.377 e. The fraction of sp³-hybridized carbons (Fsp3) is 0.588. The van der Waals surface area contributed by atoms with Crippen molar-refractivity contribution in [1.82, 2.24) is 0 Å². The Labute approximate surface area is 244 Å². The number of alkyl halides is 4. The number of fused-ring (bicyclic) bond motifs is 4. The van der Waals surface area contributed by atoms with Crippen LogP contribution in [0.25, 0.3) is 0 Å². The molecule has 3 fully saturated rings. The number of allylic oxidation sites excluding steroid dienone is 4. The average molecular weight is 584 g/mol. The van der Waals surface area contributed by atoms with Gasteiger partial charge in [0.1, 0.15) is 12.8 Å². The maximum absolute atomic E-state index is 15.9. The predicted octanol–water partition coefficient (Wildman–Crippen LogP) is 6.90. The van der Waals surface area contributed by atoms with Crippen LogP contribution in [-0.4, -0.2) is 50.7 Å². The molecule has 4 nitrogen and oxygen atoms in total. The zero-order chi connectivity index (χ0) is 29.9. The molecular weight excluding hydrogens is 546 g/mol. The number of ketones is 2. The highest BCUT2D eigenvalue weighted by atomic mass is 19.4. The normalized spacial score (nSPS) is 34.3. The summed E-state index contributed by atoms with van der Waals surface area (Å²) in [4.78, 5) is 28.4. The topological polar surface area (TPSA) is 46.6 Å². The van der Waals surface area contributed by atoms with Crippen molar-refractivity contribution in [3.05, 3.63) is 52.6 Å². The fourth-order valence-corrected chi connectivity index (χ4v) is 9.02. The number of rotatable bonds is 5. The largest absolute Gasteiger partial charge is 0.457 e. The van der Waals surface area contributed by atoms with Crippen LogP contribution in [0, 0.1) is 34.5 Å². The highest BCUT2D eigenvalue weighted by Crippen LogP contribution is 2.70. The number of hydrogen-bond donors (Lipinski definition) is 0. The van der Waals surface area contributed by atoms with E-state index in [1.165, 1.54) is 19.1 Å². The Morgan fingerprint density at radius 2 is 1.86 bits per heavy atom. The number of carbonyl (C=O) groups excluding carboxylic acids is 2. The highest BCUT2D eigenvalue weighted by molar-refractivity contribution is 5.93. The second-order valence-corrected chi connectivity index (χ2v) is 12.9. The van der Waals surface area contributed by atoms with Gasteiger partial charge in [-0.3, -0.25) is 9.59 Å². The summed E-state index contributed by atoms with van der Waals surface area (Å²) in [7, 11) is 1.36. The van der Waals surface area contributed by atoms with Crippen molar-refractivity contribution in [3.63, 3.8) is 0 Å². The van der Waals surface area contributed by atoms with Crippen molar-refractivity contribution >= 4 is 17.3 Å². The molecule has 0 bridgehead atoms. The summed E-state index contributed by atoms with van der Waals surface area (Å²) in [5.74, 6) is 2.70. The average Bonchev–Trinajstić information content (AvgIpc) is 3.59. The first kappa shape index (κ1) is 29.2. The maximum Gasteiger partial charge on any atom is 0.457 e. The predicted molar refractivity (Wildman–Crippen MR) is 152 cm³/mol. The van der Waals surface area contributed by atoms with Gasteiger partial charge in [-0.25, -0.2) is 4.39 Å². The summed E-state index contributed by atoms with van der Waals surface area (Å²) in [5.41, 5.74) is 2.12. The van der Waals surface area contributed by atoms with E-state index in [0.717, 1.165) is 48.3 Å². The van der Waals surface area contributed by atoms with Crippen LogP contribution in [0.1, 0.15) is 69.8 Å². The molecule has 6 atom stereocenters. The van der Waals surface area contributed by atoms with E-state index < -0.39 is 29.0 Å². The zero-order valence-corrected chi connectivity index (χ0v) is 24.2. The van der Waals surface area contributed by atoms with Gasteiger partial charge >= 0.3 is 6.18 Å². The van der Waals surface area contributed by atoms with Crippen molar-refractivity contribution in [2.75, 3.05) is 31.7 Å². The van der Waals surface area contributed by atoms with Gasteiger partial charge in [-0.2, -0.15) is 13.2 Å². The van der Waals surface area contributed by atoms with E-state index in [1.807, 2.05) is 6.92 Å². The van der Waals surface area contributed by atoms with Gasteiger partial charge in [0.05, 0.1) is 5.41 Å². The van der Waals surface area contributed by atoms with E-state index in [-0.39, 0.29) is 43.0 Å². The molecule has 6 rings (SSSR count). The van der Waals surface area contributed by atoms with Crippen molar-refractivity contribution in [2.24, 2.45) is 22.7 Å². The second kappa shape index (κ2) is 10.7. The number of anilines is 1. The van der Waals surface area contributed by atoms with Gasteiger partial charge in [0.2, 0.25) is 0 Å². The molecule has 8 heteroatoms. The first-order valence-corrected chi connectivity index (χ1v) is 15.1. The number of ether oxygens (including phenoxy) is 1. The van der Waals surface area contributed by atoms with E-state index >= 15 is 4.39 Å². The lowest BCUT2D eigenvalue weighted by molar-refractivity contribution is -0.137. The Hall–Kier alpha value is -2.92. The van der Waals surface area contributed by atoms with Gasteiger partial charge < -0.3 is 9.64 Å². The standard InChI is InChI=1S/C34H37F4NO3/c1-32-19-27(21-5-7-22(8-6-21)39-15-3-4-16-39)31-24-10-9-23(40)17-25(24)29(35)18-26(31)28(32)11-12-33(32,30(41)20-42-2)13-14-34(36,37)38/h5-8,17,26-29H,3-4,9-12,15-16,18-20H2,1-2H3/t26-,27?,28-,29?,32-,33-/m0/s1. The fourth-order valence-electron chi connectivity index (χ4n) is 9.02. The van der Waals surface area contributed by atoms with E-state index in [1.54, 1.807) is 0 Å². The first-order chi connectivity index (χ1) is 20.0. The maximum atomic E-state index is 15.9. The quantitative estimate of drug-likeness (QED) is 0.280. The number of hydrogen-bond acceptors (Lipinski definition) is 4. The Bertz CT molecular complexity index is 1390. The van der Waals surface area contributed by atoms with Crippen molar-refractivity contribution in [1.29, 1.82) is 0 Å². The van der Waals surface area contributed by atoms with Gasteiger partial charge in [-0.05, 0) is 97.1 Å². The molecule has 1 heterocycles. The highest BCUT2D eigenvalue weighted by Gasteiger charge is 2.66. The van der Waals surface area contributed by atoms with Crippen LogP contribution in [0.5, 0.6) is 0 Å². The molecular formula is C34H37F4NO3. The number of methoxy groups -OCH3 is 1. The molecule has 0 aromatic heterocycles. The first-order valence-electron chi connectivity index (χ1n) is 15.1. The van der Waals surface area contributed by atoms with Gasteiger partial charge in [0, 0.05) is 44.1 Å². The van der Waals surface area contributed by atoms with Gasteiger partial charge in [-0.1, -0.05) is 30.6 Å². The molecule has 0 N–H and O–H groups in total. The summed E-state index contributed by atoms with van der Waals surface area (Å²) in [6.45, 7) is 3.58. The minimum absolute atomic E-state index is 0.0740. The number of nitrogens with zero attached hydrogens (tertiary/aromatic N) is 1. The van der Waals surface area contributed by atoms with E-state index in [2.05, 4.69) is 35.1 Å². The van der Waals surface area contributed by atoms with Crippen LogP contribution in [-0.2, 0) is 14.3 Å². The number of Topliss-reactive ketones (excluding diaryl/α,β-unsaturated/α-hetero) is 1. The molecule has 5 aliphatic rings. The summed E-state index contributed by atoms with van der Waals surface area (Å²) in [5, 5.41) is 0. The zero-order valence-electron chi connectivity index (χ0n) is 24.2. The van der Waals surface area contributed by atoms with Crippen LogP contribution in [0.15, 0.2) is 47.1 Å². The minimum atomic E-state index is -4.75. The van der Waals surface area contributed by atoms with Crippen LogP contribution in [0.4, 0.5) is 23.2 Å². The molecule has 1 aliphatic heterocycles. The Morgan fingerprint density at radius 3 is 2.52 bits per heavy atom. The lowest BCUT2D eigenvalue weighted by atomic mass is 9.48. The van der Waals surface area contributed by atoms with Gasteiger partial charge in [0.15, 0.2) is 11.6 Å². The summed E-state index contributed by atoms with van der Waals surface area (Å²) in [6, 6.07) is 8.36. The van der Waals surface area contributed by atoms with Gasteiger partial charge in [0.25, 0.3) is 0 Å². The third kappa shape index (κ3) is 4.72. The van der Waals surface area contributed by atoms with Crippen LogP contribution in [0.3, 0.4) is 0 Å². The minimum Gasteiger partial charge on any atom is -0.377 e. The number of halogens is 4. The molecule has 0 amide bonds. The second-order valence-electron chi connectivity index (χ2n) is 12.9. The van der Waals surface area contributed by atoms with Crippen molar-refractivity contribution in [2.45, 2.75) is 76.6 Å². The number of benzene rings is 1. The van der Waals surface area contributed by atoms with Crippen LogP contribution >= 0.6 is 0 Å². The molecule has 224 valence electrons. The van der Waals surface area contributed by atoms with Gasteiger partial charge in [-0.15, -0.1) is 0 Å². The summed E-state index contributed by atoms with van der Waals surface area (Å²) >= 11 is 0. The van der Waals surface area contributed by atoms with E-state index in [0.29, 0.717) is 31.3 Å². The SMILES string of the molecule is COCC(=O)[C@@]1(C#CC(F)(F)F)CC[C@H]2[C@@H]3CC(F)C4=CC(=O)CCC4=C3C(c3ccc(N4CCCC4)cc3)C[C@@]21C. The Kier molecular flexibility index (Phi) is 7.40. The molecule has 2 saturated carbocycles. The molecule has 1 saturated heterocycles. The molecule has 0 spiro atoms. The number of carbonyl (C=O) groups is 2. The third-order valence-electron chi connectivity index (χ3n) is 10.9. The third-order valence-corrected chi connectivity index (χ3v) is 10.9. The molecule has 4 aliphatic carbocycles. The van der Waals surface area contributed by atoms with Crippen LogP contribution < -0.4 is 4.90 Å². The molecule has 1 aromatic rings. The molecule has 0 radical (unpaired) electrons. The lowest BCUT2D eigenvalue weighted by Gasteiger charge is -2.55. The Morgan fingerprint density at radius 1 is 1.14 bits per heavy atom. The van der Waals surface area contributed by atoms with E-state index in [4.69, 9.17) is 4.74 Å². The summed E-state index contributed by atoms with van der Waals surface area (Å²) < 4.78 is 61.5. The molecule has 42 heavy (non-hydrogen) atoms.